The van der Waals surface area contributed by atoms with Crippen molar-refractivity contribution in [2.24, 2.45) is 0 Å². The normalized spacial score (nSPS) is 11.5. The molecule has 0 saturated carbocycles. The van der Waals surface area contributed by atoms with Crippen molar-refractivity contribution in [2.75, 3.05) is 5.32 Å². The molecular weight excluding hydrogens is 378 g/mol. The highest BCUT2D eigenvalue weighted by atomic mass is 19.4. The zero-order valence-corrected chi connectivity index (χ0v) is 14.7. The lowest BCUT2D eigenvalue weighted by molar-refractivity contribution is -0.137. The highest BCUT2D eigenvalue weighted by Gasteiger charge is 2.30. The van der Waals surface area contributed by atoms with E-state index in [2.05, 4.69) is 15.5 Å². The van der Waals surface area contributed by atoms with Gasteiger partial charge in [0, 0.05) is 24.1 Å². The number of halogens is 4. The first-order valence-electron chi connectivity index (χ1n) is 8.28. The summed E-state index contributed by atoms with van der Waals surface area (Å²) in [6.45, 7) is 1.61. The van der Waals surface area contributed by atoms with Gasteiger partial charge >= 0.3 is 6.18 Å². The molecule has 3 rings (SSSR count). The molecule has 1 N–H and O–H groups in total. The minimum atomic E-state index is -4.48. The molecule has 0 unspecified atom stereocenters. The highest BCUT2D eigenvalue weighted by Crippen LogP contribution is 2.31. The maximum Gasteiger partial charge on any atom is 0.416 e. The predicted octanol–water partition coefficient (Wildman–Crippen LogP) is 4.77. The smallest absolute Gasteiger partial charge is 0.416 e. The maximum atomic E-state index is 13.5. The molecule has 0 spiro atoms. The predicted molar refractivity (Wildman–Crippen MR) is 92.8 cm³/mol. The van der Waals surface area contributed by atoms with Gasteiger partial charge in [0.05, 0.1) is 5.56 Å². The van der Waals surface area contributed by atoms with Crippen LogP contribution in [0.4, 0.5) is 23.2 Å². The molecule has 9 heteroatoms. The molecule has 5 nitrogen and oxygen atoms in total. The largest absolute Gasteiger partial charge is 0.421 e. The standard InChI is InChI=1S/C19H15F4N3O2/c1-11-5-6-14(10-15(11)20)24-16(27)7-8-17-25-26-18(28-17)12-3-2-4-13(9-12)19(21,22)23/h2-6,9-10H,7-8H2,1H3,(H,24,27). The molecule has 0 aliphatic heterocycles. The minimum absolute atomic E-state index is 0.0142. The van der Waals surface area contributed by atoms with Gasteiger partial charge in [-0.3, -0.25) is 4.79 Å². The summed E-state index contributed by atoms with van der Waals surface area (Å²) in [5.74, 6) is -0.776. The van der Waals surface area contributed by atoms with Crippen molar-refractivity contribution in [3.05, 3.63) is 65.3 Å². The molecular formula is C19H15F4N3O2. The first-order chi connectivity index (χ1) is 13.2. The van der Waals surface area contributed by atoms with Crippen LogP contribution in [-0.2, 0) is 17.4 Å². The fraction of sp³-hybridized carbons (Fsp3) is 0.211. The summed E-state index contributed by atoms with van der Waals surface area (Å²) in [5, 5.41) is 10.0. The van der Waals surface area contributed by atoms with Crippen LogP contribution >= 0.6 is 0 Å². The Bertz CT molecular complexity index is 999. The Hall–Kier alpha value is -3.23. The molecule has 1 heterocycles. The number of aromatic nitrogens is 2. The topological polar surface area (TPSA) is 68.0 Å². The molecule has 2 aromatic carbocycles. The van der Waals surface area contributed by atoms with Crippen LogP contribution in [0.1, 0.15) is 23.4 Å². The summed E-state index contributed by atoms with van der Waals surface area (Å²) in [5.41, 5.74) is 0.0943. The number of aryl methyl sites for hydroxylation is 2. The van der Waals surface area contributed by atoms with E-state index < -0.39 is 17.6 Å². The van der Waals surface area contributed by atoms with Gasteiger partial charge in [-0.25, -0.2) is 4.39 Å². The zero-order valence-electron chi connectivity index (χ0n) is 14.7. The van der Waals surface area contributed by atoms with Crippen LogP contribution < -0.4 is 5.32 Å². The summed E-state index contributed by atoms with van der Waals surface area (Å²) in [6, 6.07) is 8.86. The third-order valence-electron chi connectivity index (χ3n) is 3.93. The first kappa shape index (κ1) is 19.5. The summed E-state index contributed by atoms with van der Waals surface area (Å²) >= 11 is 0. The molecule has 0 radical (unpaired) electrons. The Balaban J connectivity index is 1.62. The van der Waals surface area contributed by atoms with Crippen LogP contribution in [0.15, 0.2) is 46.9 Å². The van der Waals surface area contributed by atoms with Gasteiger partial charge in [-0.15, -0.1) is 10.2 Å². The highest BCUT2D eigenvalue weighted by molar-refractivity contribution is 5.90. The van der Waals surface area contributed by atoms with Gasteiger partial charge in [-0.1, -0.05) is 12.1 Å². The average Bonchev–Trinajstić information content (AvgIpc) is 3.12. The average molecular weight is 393 g/mol. The Morgan fingerprint density at radius 1 is 1.14 bits per heavy atom. The van der Waals surface area contributed by atoms with Crippen molar-refractivity contribution in [3.63, 3.8) is 0 Å². The van der Waals surface area contributed by atoms with Crippen LogP contribution in [0.25, 0.3) is 11.5 Å². The first-order valence-corrected chi connectivity index (χ1v) is 8.28. The Morgan fingerprint density at radius 3 is 2.64 bits per heavy atom. The Labute approximate surface area is 157 Å². The lowest BCUT2D eigenvalue weighted by atomic mass is 10.1. The second-order valence-corrected chi connectivity index (χ2v) is 6.09. The van der Waals surface area contributed by atoms with Gasteiger partial charge in [0.25, 0.3) is 0 Å². The molecule has 28 heavy (non-hydrogen) atoms. The SMILES string of the molecule is Cc1ccc(NC(=O)CCc2nnc(-c3cccc(C(F)(F)F)c3)o2)cc1F. The Kier molecular flexibility index (Phi) is 5.43. The van der Waals surface area contributed by atoms with Gasteiger partial charge in [-0.2, -0.15) is 13.2 Å². The molecule has 0 aliphatic carbocycles. The molecule has 0 atom stereocenters. The number of alkyl halides is 3. The lowest BCUT2D eigenvalue weighted by Gasteiger charge is -2.06. The third-order valence-corrected chi connectivity index (χ3v) is 3.93. The molecule has 3 aromatic rings. The third kappa shape index (κ3) is 4.73. The van der Waals surface area contributed by atoms with E-state index in [1.165, 1.54) is 18.2 Å². The van der Waals surface area contributed by atoms with E-state index in [-0.39, 0.29) is 36.1 Å². The van der Waals surface area contributed by atoms with Crippen LogP contribution in [0.2, 0.25) is 0 Å². The molecule has 0 fully saturated rings. The molecule has 1 amide bonds. The number of rotatable bonds is 5. The zero-order chi connectivity index (χ0) is 20.3. The van der Waals surface area contributed by atoms with E-state index in [4.69, 9.17) is 4.42 Å². The van der Waals surface area contributed by atoms with Crippen LogP contribution in [0.5, 0.6) is 0 Å². The van der Waals surface area contributed by atoms with Crippen molar-refractivity contribution in [1.82, 2.24) is 10.2 Å². The van der Waals surface area contributed by atoms with Gasteiger partial charge in [-0.05, 0) is 42.8 Å². The van der Waals surface area contributed by atoms with Gasteiger partial charge in [0.1, 0.15) is 5.82 Å². The number of nitrogens with one attached hydrogen (secondary N) is 1. The van der Waals surface area contributed by atoms with E-state index >= 15 is 0 Å². The number of amides is 1. The van der Waals surface area contributed by atoms with Gasteiger partial charge in [0.2, 0.25) is 17.7 Å². The van der Waals surface area contributed by atoms with Crippen molar-refractivity contribution in [1.29, 1.82) is 0 Å². The number of hydrogen-bond acceptors (Lipinski definition) is 4. The van der Waals surface area contributed by atoms with Gasteiger partial charge in [0.15, 0.2) is 0 Å². The number of nitrogens with zero attached hydrogens (tertiary/aromatic N) is 2. The monoisotopic (exact) mass is 393 g/mol. The van der Waals surface area contributed by atoms with Crippen LogP contribution in [0, 0.1) is 12.7 Å². The molecule has 0 aliphatic rings. The van der Waals surface area contributed by atoms with E-state index in [1.54, 1.807) is 19.1 Å². The number of anilines is 1. The summed E-state index contributed by atoms with van der Waals surface area (Å²) in [6.07, 6.45) is -4.40. The molecule has 0 saturated heterocycles. The lowest BCUT2D eigenvalue weighted by Crippen LogP contribution is -2.12. The van der Waals surface area contributed by atoms with Crippen LogP contribution in [0.3, 0.4) is 0 Å². The second-order valence-electron chi connectivity index (χ2n) is 6.09. The number of hydrogen-bond donors (Lipinski definition) is 1. The summed E-state index contributed by atoms with van der Waals surface area (Å²) in [4.78, 5) is 12.0. The van der Waals surface area contributed by atoms with Crippen LogP contribution in [-0.4, -0.2) is 16.1 Å². The summed E-state index contributed by atoms with van der Waals surface area (Å²) < 4.78 is 57.2. The van der Waals surface area contributed by atoms with Crippen molar-refractivity contribution in [3.8, 4) is 11.5 Å². The van der Waals surface area contributed by atoms with E-state index in [0.717, 1.165) is 12.1 Å². The maximum absolute atomic E-state index is 13.5. The number of benzene rings is 2. The van der Waals surface area contributed by atoms with E-state index in [1.807, 2.05) is 0 Å². The van der Waals surface area contributed by atoms with Crippen molar-refractivity contribution in [2.45, 2.75) is 25.9 Å². The van der Waals surface area contributed by atoms with E-state index in [0.29, 0.717) is 11.3 Å². The Morgan fingerprint density at radius 2 is 1.93 bits per heavy atom. The molecule has 1 aromatic heterocycles. The van der Waals surface area contributed by atoms with Gasteiger partial charge < -0.3 is 9.73 Å². The van der Waals surface area contributed by atoms with E-state index in [9.17, 15) is 22.4 Å². The quantitative estimate of drug-likeness (QED) is 0.634. The summed E-state index contributed by atoms with van der Waals surface area (Å²) in [7, 11) is 0. The fourth-order valence-corrected chi connectivity index (χ4v) is 2.41. The fourth-order valence-electron chi connectivity index (χ4n) is 2.41. The minimum Gasteiger partial charge on any atom is -0.421 e. The molecule has 0 bridgehead atoms. The van der Waals surface area contributed by atoms with Crippen molar-refractivity contribution >= 4 is 11.6 Å². The number of carbonyl (C=O) groups excluding carboxylic acids is 1. The van der Waals surface area contributed by atoms with Crippen molar-refractivity contribution < 1.29 is 26.8 Å². The second kappa shape index (κ2) is 7.79. The number of carbonyl (C=O) groups is 1. The molecule has 146 valence electrons.